The summed E-state index contributed by atoms with van der Waals surface area (Å²) in [6.07, 6.45) is 0. The van der Waals surface area contributed by atoms with Crippen molar-refractivity contribution < 1.29 is 18.3 Å². The fourth-order valence-electron chi connectivity index (χ4n) is 2.21. The van der Waals surface area contributed by atoms with Gasteiger partial charge in [0.2, 0.25) is 0 Å². The molecule has 0 unspecified atom stereocenters. The van der Waals surface area contributed by atoms with Gasteiger partial charge >= 0.3 is 5.69 Å². The first-order valence-corrected chi connectivity index (χ1v) is 8.01. The molecule has 0 radical (unpaired) electrons. The van der Waals surface area contributed by atoms with Crippen LogP contribution >= 0.6 is 15.9 Å². The lowest BCUT2D eigenvalue weighted by Crippen LogP contribution is -2.16. The summed E-state index contributed by atoms with van der Waals surface area (Å²) < 4.78 is 34.7. The fraction of sp³-hybridized carbons (Fsp3) is 0.0625. The van der Waals surface area contributed by atoms with E-state index in [1.165, 1.54) is 0 Å². The predicted molar refractivity (Wildman–Crippen MR) is 91.1 cm³/mol. The Morgan fingerprint density at radius 3 is 2.58 bits per heavy atom. The van der Waals surface area contributed by atoms with Crippen molar-refractivity contribution in [2.24, 2.45) is 5.73 Å². The minimum atomic E-state index is -1.25. The Morgan fingerprint density at radius 1 is 1.23 bits per heavy atom. The molecule has 0 aliphatic carbocycles. The molecule has 1 aromatic heterocycles. The maximum Gasteiger partial charge on any atom is 0.348 e. The molecule has 1 amide bonds. The average molecular weight is 425 g/mol. The van der Waals surface area contributed by atoms with Gasteiger partial charge < -0.3 is 10.5 Å². The Kier molecular flexibility index (Phi) is 4.85. The van der Waals surface area contributed by atoms with Crippen LogP contribution in [0.25, 0.3) is 5.69 Å². The molecule has 0 aliphatic rings. The molecular formula is C16H11BrF2N4O3. The third kappa shape index (κ3) is 3.49. The molecule has 0 fully saturated rings. The van der Waals surface area contributed by atoms with Gasteiger partial charge in [-0.1, -0.05) is 15.9 Å². The predicted octanol–water partition coefficient (Wildman–Crippen LogP) is 2.28. The van der Waals surface area contributed by atoms with Crippen LogP contribution in [0.15, 0.2) is 45.7 Å². The lowest BCUT2D eigenvalue weighted by Gasteiger charge is -2.08. The highest BCUT2D eigenvalue weighted by molar-refractivity contribution is 9.10. The number of aromatic amines is 1. The van der Waals surface area contributed by atoms with E-state index in [0.29, 0.717) is 5.69 Å². The van der Waals surface area contributed by atoms with Crippen molar-refractivity contribution in [1.82, 2.24) is 14.8 Å². The molecule has 0 atom stereocenters. The van der Waals surface area contributed by atoms with E-state index in [0.717, 1.165) is 21.3 Å². The van der Waals surface area contributed by atoms with Crippen LogP contribution in [0.3, 0.4) is 0 Å². The Bertz CT molecular complexity index is 1030. The van der Waals surface area contributed by atoms with Crippen molar-refractivity contribution in [2.75, 3.05) is 0 Å². The van der Waals surface area contributed by atoms with Gasteiger partial charge in [0, 0.05) is 4.47 Å². The molecule has 26 heavy (non-hydrogen) atoms. The number of nitrogens with one attached hydrogen (secondary N) is 1. The van der Waals surface area contributed by atoms with E-state index in [4.69, 9.17) is 10.5 Å². The van der Waals surface area contributed by atoms with Crippen molar-refractivity contribution in [1.29, 1.82) is 0 Å². The SMILES string of the molecule is NC(=O)c1c(F)ccc(OCc2nn(-c3ccc(Br)cc3)c(=O)[nH]2)c1F. The zero-order valence-electron chi connectivity index (χ0n) is 13.0. The summed E-state index contributed by atoms with van der Waals surface area (Å²) >= 11 is 3.29. The summed E-state index contributed by atoms with van der Waals surface area (Å²) in [5.74, 6) is -3.83. The molecule has 10 heteroatoms. The summed E-state index contributed by atoms with van der Waals surface area (Å²) in [4.78, 5) is 25.6. The average Bonchev–Trinajstić information content (AvgIpc) is 2.95. The first kappa shape index (κ1) is 17.8. The molecule has 0 bridgehead atoms. The Hall–Kier alpha value is -3.01. The second-order valence-electron chi connectivity index (χ2n) is 5.15. The molecule has 0 saturated carbocycles. The normalized spacial score (nSPS) is 10.7. The molecule has 0 spiro atoms. The van der Waals surface area contributed by atoms with Crippen molar-refractivity contribution >= 4 is 21.8 Å². The molecule has 3 rings (SSSR count). The minimum Gasteiger partial charge on any atom is -0.483 e. The van der Waals surface area contributed by atoms with Gasteiger partial charge in [0.15, 0.2) is 17.4 Å². The molecule has 0 saturated heterocycles. The van der Waals surface area contributed by atoms with E-state index in [1.807, 2.05) is 0 Å². The van der Waals surface area contributed by atoms with E-state index < -0.39 is 28.8 Å². The van der Waals surface area contributed by atoms with Gasteiger partial charge in [-0.25, -0.2) is 13.6 Å². The second kappa shape index (κ2) is 7.08. The smallest absolute Gasteiger partial charge is 0.348 e. The molecule has 7 nitrogen and oxygen atoms in total. The number of carbonyl (C=O) groups excluding carboxylic acids is 1. The fourth-order valence-corrected chi connectivity index (χ4v) is 2.47. The van der Waals surface area contributed by atoms with E-state index in [2.05, 4.69) is 26.0 Å². The summed E-state index contributed by atoms with van der Waals surface area (Å²) in [6.45, 7) is -0.306. The molecular weight excluding hydrogens is 414 g/mol. The van der Waals surface area contributed by atoms with Gasteiger partial charge in [-0.3, -0.25) is 9.78 Å². The minimum absolute atomic E-state index is 0.113. The molecule has 3 aromatic rings. The van der Waals surface area contributed by atoms with Crippen LogP contribution in [-0.2, 0) is 6.61 Å². The second-order valence-corrected chi connectivity index (χ2v) is 6.07. The number of nitrogens with zero attached hydrogens (tertiary/aromatic N) is 2. The standard InChI is InChI=1S/C16H11BrF2N4O3/c17-8-1-3-9(4-2-8)23-16(25)21-12(22-23)7-26-11-6-5-10(18)13(14(11)19)15(20)24/h1-6H,7H2,(H2,20,24)(H,21,22,25). The van der Waals surface area contributed by atoms with Crippen LogP contribution in [0, 0.1) is 11.6 Å². The third-order valence-corrected chi connectivity index (χ3v) is 3.93. The molecule has 0 aliphatic heterocycles. The number of primary amides is 1. The van der Waals surface area contributed by atoms with Gasteiger partial charge in [0.05, 0.1) is 5.69 Å². The summed E-state index contributed by atoms with van der Waals surface area (Å²) in [7, 11) is 0. The number of hydrogen-bond acceptors (Lipinski definition) is 4. The van der Waals surface area contributed by atoms with E-state index in [9.17, 15) is 18.4 Å². The maximum absolute atomic E-state index is 14.1. The van der Waals surface area contributed by atoms with Crippen LogP contribution in [-0.4, -0.2) is 20.7 Å². The number of rotatable bonds is 5. The van der Waals surface area contributed by atoms with Crippen LogP contribution in [0.5, 0.6) is 5.75 Å². The highest BCUT2D eigenvalue weighted by Gasteiger charge is 2.19. The first-order chi connectivity index (χ1) is 12.4. The van der Waals surface area contributed by atoms with Gasteiger partial charge in [0.1, 0.15) is 18.0 Å². The number of benzene rings is 2. The van der Waals surface area contributed by atoms with Crippen molar-refractivity contribution in [3.63, 3.8) is 0 Å². The number of nitrogens with two attached hydrogens (primary N) is 1. The molecule has 3 N–H and O–H groups in total. The van der Waals surface area contributed by atoms with Gasteiger partial charge in [-0.05, 0) is 36.4 Å². The van der Waals surface area contributed by atoms with E-state index in [1.54, 1.807) is 24.3 Å². The quantitative estimate of drug-likeness (QED) is 0.655. The monoisotopic (exact) mass is 424 g/mol. The lowest BCUT2D eigenvalue weighted by molar-refractivity contribution is 0.0991. The van der Waals surface area contributed by atoms with Crippen molar-refractivity contribution in [3.05, 3.63) is 74.4 Å². The van der Waals surface area contributed by atoms with Crippen LogP contribution < -0.4 is 16.2 Å². The molecule has 1 heterocycles. The number of ether oxygens (including phenoxy) is 1. The topological polar surface area (TPSA) is 103 Å². The first-order valence-electron chi connectivity index (χ1n) is 7.21. The number of aromatic nitrogens is 3. The highest BCUT2D eigenvalue weighted by atomic mass is 79.9. The molecule has 134 valence electrons. The lowest BCUT2D eigenvalue weighted by atomic mass is 10.1. The zero-order valence-corrected chi connectivity index (χ0v) is 14.6. The highest BCUT2D eigenvalue weighted by Crippen LogP contribution is 2.23. The number of hydrogen-bond donors (Lipinski definition) is 2. The number of carbonyl (C=O) groups is 1. The number of H-pyrrole nitrogens is 1. The van der Waals surface area contributed by atoms with Crippen LogP contribution in [0.2, 0.25) is 0 Å². The summed E-state index contributed by atoms with van der Waals surface area (Å²) in [5, 5.41) is 4.05. The zero-order chi connectivity index (χ0) is 18.8. The molecule has 2 aromatic carbocycles. The van der Waals surface area contributed by atoms with E-state index >= 15 is 0 Å². The largest absolute Gasteiger partial charge is 0.483 e. The number of amides is 1. The van der Waals surface area contributed by atoms with Crippen molar-refractivity contribution in [2.45, 2.75) is 6.61 Å². The summed E-state index contributed by atoms with van der Waals surface area (Å²) in [6, 6.07) is 8.71. The number of halogens is 3. The van der Waals surface area contributed by atoms with Crippen molar-refractivity contribution in [3.8, 4) is 11.4 Å². The third-order valence-electron chi connectivity index (χ3n) is 3.40. The van der Waals surface area contributed by atoms with Crippen LogP contribution in [0.4, 0.5) is 8.78 Å². The van der Waals surface area contributed by atoms with Gasteiger partial charge in [-0.2, -0.15) is 4.68 Å². The Balaban J connectivity index is 1.82. The van der Waals surface area contributed by atoms with Gasteiger partial charge in [-0.15, -0.1) is 5.10 Å². The Morgan fingerprint density at radius 2 is 1.92 bits per heavy atom. The Labute approximate surface area is 153 Å². The van der Waals surface area contributed by atoms with E-state index in [-0.39, 0.29) is 18.2 Å². The maximum atomic E-state index is 14.1. The van der Waals surface area contributed by atoms with Crippen LogP contribution in [0.1, 0.15) is 16.2 Å². The van der Waals surface area contributed by atoms with Gasteiger partial charge in [0.25, 0.3) is 5.91 Å². The summed E-state index contributed by atoms with van der Waals surface area (Å²) in [5.41, 5.74) is 4.06.